The van der Waals surface area contributed by atoms with Crippen molar-refractivity contribution in [1.82, 2.24) is 10.6 Å². The van der Waals surface area contributed by atoms with E-state index in [2.05, 4.69) is 10.6 Å². The zero-order valence-corrected chi connectivity index (χ0v) is 13.1. The van der Waals surface area contributed by atoms with Crippen LogP contribution < -0.4 is 10.6 Å². The number of carboxylic acids is 1. The van der Waals surface area contributed by atoms with Gasteiger partial charge in [-0.25, -0.2) is 4.79 Å². The Morgan fingerprint density at radius 1 is 1.24 bits per heavy atom. The van der Waals surface area contributed by atoms with Gasteiger partial charge in [0.05, 0.1) is 12.0 Å². The highest BCUT2D eigenvalue weighted by Crippen LogP contribution is 2.31. The summed E-state index contributed by atoms with van der Waals surface area (Å²) < 4.78 is 5.41. The second-order valence-electron chi connectivity index (χ2n) is 5.90. The summed E-state index contributed by atoms with van der Waals surface area (Å²) in [5.74, 6) is -0.990. The molecular weight excluding hydrogens is 272 g/mol. The molecule has 0 aromatic carbocycles. The van der Waals surface area contributed by atoms with E-state index < -0.39 is 5.97 Å². The molecule has 0 saturated heterocycles. The number of carbonyl (C=O) groups excluding carboxylic acids is 1. The molecule has 1 fully saturated rings. The van der Waals surface area contributed by atoms with Crippen molar-refractivity contribution in [2.75, 3.05) is 19.7 Å². The van der Waals surface area contributed by atoms with Crippen molar-refractivity contribution in [3.8, 4) is 0 Å². The monoisotopic (exact) mass is 300 g/mol. The minimum absolute atomic E-state index is 0.0627. The summed E-state index contributed by atoms with van der Waals surface area (Å²) in [7, 11) is 0. The van der Waals surface area contributed by atoms with Gasteiger partial charge in [-0.05, 0) is 45.4 Å². The number of aliphatic carboxylic acids is 1. The Hall–Kier alpha value is -1.30. The Balaban J connectivity index is 2.05. The summed E-state index contributed by atoms with van der Waals surface area (Å²) in [5.41, 5.74) is 0. The Morgan fingerprint density at radius 3 is 2.67 bits per heavy atom. The van der Waals surface area contributed by atoms with E-state index in [-0.39, 0.29) is 24.0 Å². The number of rotatable bonds is 9. The van der Waals surface area contributed by atoms with Gasteiger partial charge in [0.25, 0.3) is 0 Å². The SMILES string of the molecule is CC(C)OCCCCNC(=O)NCC1CCCC1C(=O)O. The fraction of sp³-hybridized carbons (Fsp3) is 0.867. The Labute approximate surface area is 126 Å². The van der Waals surface area contributed by atoms with Gasteiger partial charge in [-0.1, -0.05) is 6.42 Å². The first-order chi connectivity index (χ1) is 10.0. The Morgan fingerprint density at radius 2 is 2.00 bits per heavy atom. The lowest BCUT2D eigenvalue weighted by Crippen LogP contribution is -2.40. The van der Waals surface area contributed by atoms with Crippen molar-refractivity contribution in [3.63, 3.8) is 0 Å². The summed E-state index contributed by atoms with van der Waals surface area (Å²) in [6.45, 7) is 5.76. The van der Waals surface area contributed by atoms with Crippen molar-refractivity contribution >= 4 is 12.0 Å². The maximum absolute atomic E-state index is 11.6. The first-order valence-corrected chi connectivity index (χ1v) is 7.86. The molecule has 1 rings (SSSR count). The zero-order chi connectivity index (χ0) is 15.7. The largest absolute Gasteiger partial charge is 0.481 e. The molecule has 0 heterocycles. The molecule has 0 spiro atoms. The van der Waals surface area contributed by atoms with E-state index in [1.807, 2.05) is 13.8 Å². The van der Waals surface area contributed by atoms with Gasteiger partial charge in [-0.15, -0.1) is 0 Å². The van der Waals surface area contributed by atoms with Crippen LogP contribution in [0.15, 0.2) is 0 Å². The average molecular weight is 300 g/mol. The highest BCUT2D eigenvalue weighted by atomic mass is 16.5. The lowest BCUT2D eigenvalue weighted by Gasteiger charge is -2.16. The topological polar surface area (TPSA) is 87.7 Å². The van der Waals surface area contributed by atoms with E-state index in [4.69, 9.17) is 9.84 Å². The molecule has 0 radical (unpaired) electrons. The number of carbonyl (C=O) groups is 2. The van der Waals surface area contributed by atoms with Gasteiger partial charge in [-0.3, -0.25) is 4.79 Å². The molecule has 21 heavy (non-hydrogen) atoms. The summed E-state index contributed by atoms with van der Waals surface area (Å²) in [6.07, 6.45) is 4.57. The number of unbranched alkanes of at least 4 members (excludes halogenated alkanes) is 1. The first kappa shape index (κ1) is 17.8. The summed E-state index contributed by atoms with van der Waals surface area (Å²) in [4.78, 5) is 22.7. The van der Waals surface area contributed by atoms with Gasteiger partial charge in [0.1, 0.15) is 0 Å². The van der Waals surface area contributed by atoms with Crippen molar-refractivity contribution in [1.29, 1.82) is 0 Å². The van der Waals surface area contributed by atoms with Crippen LogP contribution in [0.5, 0.6) is 0 Å². The maximum atomic E-state index is 11.6. The quantitative estimate of drug-likeness (QED) is 0.568. The third-order valence-corrected chi connectivity index (χ3v) is 3.81. The van der Waals surface area contributed by atoms with Crippen LogP contribution in [0.4, 0.5) is 4.79 Å². The molecule has 6 heteroatoms. The van der Waals surface area contributed by atoms with Gasteiger partial charge < -0.3 is 20.5 Å². The van der Waals surface area contributed by atoms with Gasteiger partial charge in [0.15, 0.2) is 0 Å². The Kier molecular flexibility index (Phi) is 8.12. The van der Waals surface area contributed by atoms with E-state index in [1.54, 1.807) is 0 Å². The van der Waals surface area contributed by atoms with E-state index in [0.717, 1.165) is 32.1 Å². The molecule has 2 atom stereocenters. The molecule has 6 nitrogen and oxygen atoms in total. The molecule has 3 N–H and O–H groups in total. The number of urea groups is 1. The molecule has 122 valence electrons. The number of carboxylic acid groups (broad SMARTS) is 1. The second kappa shape index (κ2) is 9.60. The molecule has 0 aromatic rings. The van der Waals surface area contributed by atoms with Crippen LogP contribution in [-0.4, -0.2) is 42.9 Å². The smallest absolute Gasteiger partial charge is 0.314 e. The van der Waals surface area contributed by atoms with E-state index in [9.17, 15) is 9.59 Å². The van der Waals surface area contributed by atoms with Gasteiger partial charge in [-0.2, -0.15) is 0 Å². The normalized spacial score (nSPS) is 21.5. The molecule has 2 amide bonds. The molecule has 0 aliphatic heterocycles. The highest BCUT2D eigenvalue weighted by Gasteiger charge is 2.32. The number of nitrogens with one attached hydrogen (secondary N) is 2. The molecule has 1 saturated carbocycles. The predicted molar refractivity (Wildman–Crippen MR) is 80.2 cm³/mol. The van der Waals surface area contributed by atoms with E-state index >= 15 is 0 Å². The van der Waals surface area contributed by atoms with Crippen molar-refractivity contribution in [3.05, 3.63) is 0 Å². The summed E-state index contributed by atoms with van der Waals surface area (Å²) in [6, 6.07) is -0.212. The van der Waals surface area contributed by atoms with E-state index in [1.165, 1.54) is 0 Å². The van der Waals surface area contributed by atoms with Crippen molar-refractivity contribution in [2.45, 2.75) is 52.1 Å². The standard InChI is InChI=1S/C15H28N2O4/c1-11(2)21-9-4-3-8-16-15(20)17-10-12-6-5-7-13(12)14(18)19/h11-13H,3-10H2,1-2H3,(H,18,19)(H2,16,17,20). The number of hydrogen-bond donors (Lipinski definition) is 3. The van der Waals surface area contributed by atoms with E-state index in [0.29, 0.717) is 19.7 Å². The zero-order valence-electron chi connectivity index (χ0n) is 13.1. The maximum Gasteiger partial charge on any atom is 0.314 e. The third kappa shape index (κ3) is 7.32. The molecule has 2 unspecified atom stereocenters. The van der Waals surface area contributed by atoms with Crippen LogP contribution in [0.2, 0.25) is 0 Å². The number of ether oxygens (including phenoxy) is 1. The molecule has 1 aliphatic rings. The molecule has 0 aromatic heterocycles. The van der Waals surface area contributed by atoms with Crippen LogP contribution in [0, 0.1) is 11.8 Å². The highest BCUT2D eigenvalue weighted by molar-refractivity contribution is 5.74. The molecule has 0 bridgehead atoms. The number of hydrogen-bond acceptors (Lipinski definition) is 3. The fourth-order valence-electron chi connectivity index (χ4n) is 2.64. The first-order valence-electron chi connectivity index (χ1n) is 7.86. The van der Waals surface area contributed by atoms with Crippen LogP contribution in [0.3, 0.4) is 0 Å². The molecular formula is C15H28N2O4. The lowest BCUT2D eigenvalue weighted by atomic mass is 9.96. The fourth-order valence-corrected chi connectivity index (χ4v) is 2.64. The molecule has 1 aliphatic carbocycles. The minimum atomic E-state index is -0.745. The van der Waals surface area contributed by atoms with Crippen molar-refractivity contribution in [2.24, 2.45) is 11.8 Å². The minimum Gasteiger partial charge on any atom is -0.481 e. The lowest BCUT2D eigenvalue weighted by molar-refractivity contribution is -0.142. The summed E-state index contributed by atoms with van der Waals surface area (Å²) in [5, 5.41) is 14.6. The number of amides is 2. The van der Waals surface area contributed by atoms with Crippen LogP contribution in [-0.2, 0) is 9.53 Å². The van der Waals surface area contributed by atoms with Crippen LogP contribution in [0.1, 0.15) is 46.0 Å². The summed E-state index contributed by atoms with van der Waals surface area (Å²) >= 11 is 0. The van der Waals surface area contributed by atoms with Gasteiger partial charge in [0.2, 0.25) is 0 Å². The van der Waals surface area contributed by atoms with Gasteiger partial charge in [0, 0.05) is 19.7 Å². The second-order valence-corrected chi connectivity index (χ2v) is 5.90. The van der Waals surface area contributed by atoms with Gasteiger partial charge >= 0.3 is 12.0 Å². The van der Waals surface area contributed by atoms with Crippen molar-refractivity contribution < 1.29 is 19.4 Å². The Bertz CT molecular complexity index is 334. The average Bonchev–Trinajstić information content (AvgIpc) is 2.88. The van der Waals surface area contributed by atoms with Crippen LogP contribution >= 0.6 is 0 Å². The predicted octanol–water partition coefficient (Wildman–Crippen LogP) is 1.99. The third-order valence-electron chi connectivity index (χ3n) is 3.81. The van der Waals surface area contributed by atoms with Crippen LogP contribution in [0.25, 0.3) is 0 Å².